The van der Waals surface area contributed by atoms with Gasteiger partial charge in [0, 0.05) is 32.1 Å². The number of hydrogen-bond acceptors (Lipinski definition) is 4. The number of carbonyl (C=O) groups excluding carboxylic acids is 1. The Balaban J connectivity index is 1.50. The van der Waals surface area contributed by atoms with Crippen LogP contribution < -0.4 is 11.0 Å². The zero-order valence-electron chi connectivity index (χ0n) is 15.7. The number of amides is 1. The normalized spacial score (nSPS) is 19.2. The topological polar surface area (TPSA) is 93.9 Å². The van der Waals surface area contributed by atoms with E-state index < -0.39 is 0 Å². The minimum absolute atomic E-state index is 0.0491. The molecule has 27 heavy (non-hydrogen) atoms. The number of nitrogens with zero attached hydrogens (tertiary/aromatic N) is 3. The van der Waals surface area contributed by atoms with Crippen LogP contribution in [0, 0.1) is 0 Å². The summed E-state index contributed by atoms with van der Waals surface area (Å²) in [5.41, 5.74) is 3.78. The predicted octanol–water partition coefficient (Wildman–Crippen LogP) is 1.52. The second-order valence-corrected chi connectivity index (χ2v) is 6.98. The first-order valence-corrected chi connectivity index (χ1v) is 9.12. The van der Waals surface area contributed by atoms with E-state index >= 15 is 0 Å². The second kappa shape index (κ2) is 6.70. The molecule has 0 radical (unpaired) electrons. The molecule has 1 aromatic carbocycles. The maximum atomic E-state index is 12.7. The zero-order valence-corrected chi connectivity index (χ0v) is 15.7. The molecule has 3 aromatic rings. The summed E-state index contributed by atoms with van der Waals surface area (Å²) in [7, 11) is 1.83. The van der Waals surface area contributed by atoms with Crippen LogP contribution in [0.5, 0.6) is 0 Å². The molecule has 3 heterocycles. The molecule has 8 heteroatoms. The summed E-state index contributed by atoms with van der Waals surface area (Å²) in [5.74, 6) is -0.221. The van der Waals surface area contributed by atoms with Crippen molar-refractivity contribution in [2.24, 2.45) is 7.05 Å². The largest absolute Gasteiger partial charge is 0.369 e. The maximum absolute atomic E-state index is 12.7. The lowest BCUT2D eigenvalue weighted by atomic mass is 9.99. The molecule has 0 saturated heterocycles. The van der Waals surface area contributed by atoms with Gasteiger partial charge >= 0.3 is 5.69 Å². The van der Waals surface area contributed by atoms with Crippen molar-refractivity contribution in [1.29, 1.82) is 0 Å². The summed E-state index contributed by atoms with van der Waals surface area (Å²) < 4.78 is 9.19. The van der Waals surface area contributed by atoms with Gasteiger partial charge < -0.3 is 15.0 Å². The summed E-state index contributed by atoms with van der Waals surface area (Å²) in [4.78, 5) is 27.6. The van der Waals surface area contributed by atoms with Crippen molar-refractivity contribution in [2.45, 2.75) is 39.0 Å². The fourth-order valence-electron chi connectivity index (χ4n) is 3.92. The van der Waals surface area contributed by atoms with Crippen LogP contribution in [0.4, 0.5) is 0 Å². The summed E-state index contributed by atoms with van der Waals surface area (Å²) in [6.07, 6.45) is 0.624. The van der Waals surface area contributed by atoms with E-state index in [9.17, 15) is 9.59 Å². The number of H-pyrrole nitrogens is 1. The number of ether oxygens (including phenoxy) is 1. The Morgan fingerprint density at radius 1 is 1.37 bits per heavy atom. The molecule has 1 aliphatic heterocycles. The zero-order chi connectivity index (χ0) is 19.1. The van der Waals surface area contributed by atoms with E-state index in [1.54, 1.807) is 9.25 Å². The molecule has 142 valence electrons. The lowest BCUT2D eigenvalue weighted by Gasteiger charge is -2.26. The number of benzene rings is 1. The average molecular weight is 369 g/mol. The quantitative estimate of drug-likeness (QED) is 0.729. The van der Waals surface area contributed by atoms with Gasteiger partial charge in [-0.3, -0.25) is 14.0 Å². The number of aromatic nitrogens is 4. The van der Waals surface area contributed by atoms with Crippen LogP contribution >= 0.6 is 0 Å². The third kappa shape index (κ3) is 3.06. The van der Waals surface area contributed by atoms with E-state index in [-0.39, 0.29) is 23.8 Å². The molecule has 0 bridgehead atoms. The number of aryl methyl sites for hydroxylation is 1. The summed E-state index contributed by atoms with van der Waals surface area (Å²) in [6, 6.07) is 7.50. The number of imidazole rings is 1. The molecule has 2 aromatic heterocycles. The Bertz CT molecular complexity index is 1060. The highest BCUT2D eigenvalue weighted by atomic mass is 16.5. The highest BCUT2D eigenvalue weighted by Crippen LogP contribution is 2.31. The molecular weight excluding hydrogens is 346 g/mol. The van der Waals surface area contributed by atoms with Gasteiger partial charge in [-0.15, -0.1) is 0 Å². The fraction of sp³-hybridized carbons (Fsp3) is 0.421. The number of rotatable bonds is 4. The van der Waals surface area contributed by atoms with E-state index in [1.807, 2.05) is 45.2 Å². The van der Waals surface area contributed by atoms with Crippen molar-refractivity contribution >= 4 is 16.9 Å². The van der Waals surface area contributed by atoms with E-state index in [2.05, 4.69) is 15.4 Å². The monoisotopic (exact) mass is 369 g/mol. The Hall–Kier alpha value is -2.87. The maximum Gasteiger partial charge on any atom is 0.326 e. The van der Waals surface area contributed by atoms with Crippen LogP contribution in [0.1, 0.15) is 41.7 Å². The summed E-state index contributed by atoms with van der Waals surface area (Å²) in [6.45, 7) is 4.70. The molecule has 2 atom stereocenters. The predicted molar refractivity (Wildman–Crippen MR) is 101 cm³/mol. The molecule has 0 unspecified atom stereocenters. The first kappa shape index (κ1) is 17.5. The molecule has 1 amide bonds. The van der Waals surface area contributed by atoms with Crippen molar-refractivity contribution in [3.05, 3.63) is 51.7 Å². The first-order valence-electron chi connectivity index (χ1n) is 9.12. The molecule has 4 rings (SSSR count). The van der Waals surface area contributed by atoms with Crippen molar-refractivity contribution in [1.82, 2.24) is 24.6 Å². The molecule has 0 aliphatic carbocycles. The standard InChI is InChI=1S/C19H23N5O3/c1-11-10-13-16(22-23(3)17(13)12(2)27-11)18(25)20-8-9-24-15-7-5-4-6-14(15)21-19(24)26/h4-7,11-12H,8-10H2,1-3H3,(H,20,25)(H,21,26)/t11-,12+/m1/s1. The van der Waals surface area contributed by atoms with Crippen molar-refractivity contribution in [3.63, 3.8) is 0 Å². The third-order valence-corrected chi connectivity index (χ3v) is 5.02. The van der Waals surface area contributed by atoms with Gasteiger partial charge in [-0.25, -0.2) is 4.79 Å². The van der Waals surface area contributed by atoms with Crippen molar-refractivity contribution in [2.75, 3.05) is 6.54 Å². The Labute approximate surface area is 156 Å². The minimum atomic E-state index is -0.221. The summed E-state index contributed by atoms with van der Waals surface area (Å²) >= 11 is 0. The fourth-order valence-corrected chi connectivity index (χ4v) is 3.92. The van der Waals surface area contributed by atoms with Crippen LogP contribution in [0.2, 0.25) is 0 Å². The van der Waals surface area contributed by atoms with Crippen LogP contribution in [0.15, 0.2) is 29.1 Å². The van der Waals surface area contributed by atoms with Crippen LogP contribution in [0.25, 0.3) is 11.0 Å². The van der Waals surface area contributed by atoms with E-state index in [0.717, 1.165) is 22.3 Å². The Kier molecular flexibility index (Phi) is 4.35. The van der Waals surface area contributed by atoms with E-state index in [0.29, 0.717) is 25.2 Å². The molecule has 8 nitrogen and oxygen atoms in total. The SMILES string of the molecule is C[C@@H]1Cc2c(C(=O)NCCn3c(=O)[nH]c4ccccc43)nn(C)c2[C@H](C)O1. The Morgan fingerprint density at radius 2 is 2.15 bits per heavy atom. The molecule has 0 fully saturated rings. The smallest absolute Gasteiger partial charge is 0.326 e. The van der Waals surface area contributed by atoms with Gasteiger partial charge in [-0.05, 0) is 26.0 Å². The van der Waals surface area contributed by atoms with Crippen LogP contribution in [-0.4, -0.2) is 37.9 Å². The number of hydrogen-bond donors (Lipinski definition) is 2. The minimum Gasteiger partial charge on any atom is -0.369 e. The first-order chi connectivity index (χ1) is 13.0. The molecular formula is C19H23N5O3. The number of aromatic amines is 1. The van der Waals surface area contributed by atoms with E-state index in [4.69, 9.17) is 4.74 Å². The van der Waals surface area contributed by atoms with Gasteiger partial charge in [0.15, 0.2) is 5.69 Å². The lowest BCUT2D eigenvalue weighted by Crippen LogP contribution is -2.31. The number of para-hydroxylation sites is 2. The van der Waals surface area contributed by atoms with Gasteiger partial charge in [-0.2, -0.15) is 5.10 Å². The Morgan fingerprint density at radius 3 is 2.96 bits per heavy atom. The molecule has 0 saturated carbocycles. The number of fused-ring (bicyclic) bond motifs is 2. The van der Waals surface area contributed by atoms with Crippen LogP contribution in [-0.2, 0) is 24.8 Å². The number of carbonyl (C=O) groups is 1. The molecule has 2 N–H and O–H groups in total. The highest BCUT2D eigenvalue weighted by molar-refractivity contribution is 5.94. The van der Waals surface area contributed by atoms with Gasteiger partial charge in [-0.1, -0.05) is 12.1 Å². The van der Waals surface area contributed by atoms with Crippen LogP contribution in [0.3, 0.4) is 0 Å². The average Bonchev–Trinajstić information content (AvgIpc) is 3.12. The van der Waals surface area contributed by atoms with Gasteiger partial charge in [0.2, 0.25) is 0 Å². The second-order valence-electron chi connectivity index (χ2n) is 6.98. The van der Waals surface area contributed by atoms with Gasteiger partial charge in [0.25, 0.3) is 5.91 Å². The highest BCUT2D eigenvalue weighted by Gasteiger charge is 2.31. The number of nitrogens with one attached hydrogen (secondary N) is 2. The third-order valence-electron chi connectivity index (χ3n) is 5.02. The van der Waals surface area contributed by atoms with Crippen molar-refractivity contribution < 1.29 is 9.53 Å². The molecule has 1 aliphatic rings. The lowest BCUT2D eigenvalue weighted by molar-refractivity contribution is -0.00902. The van der Waals surface area contributed by atoms with Gasteiger partial charge in [0.1, 0.15) is 0 Å². The van der Waals surface area contributed by atoms with Crippen molar-refractivity contribution in [3.8, 4) is 0 Å². The van der Waals surface area contributed by atoms with Gasteiger partial charge in [0.05, 0.1) is 28.9 Å². The summed E-state index contributed by atoms with van der Waals surface area (Å²) in [5, 5.41) is 7.30. The van der Waals surface area contributed by atoms with E-state index in [1.165, 1.54) is 0 Å². The molecule has 0 spiro atoms.